The number of hydrogen-bond donors (Lipinski definition) is 1. The Morgan fingerprint density at radius 3 is 2.39 bits per heavy atom. The molecule has 1 amide bonds. The van der Waals surface area contributed by atoms with Gasteiger partial charge >= 0.3 is 0 Å². The lowest BCUT2D eigenvalue weighted by Gasteiger charge is -2.29. The number of benzene rings is 3. The highest BCUT2D eigenvalue weighted by molar-refractivity contribution is 5.96. The Hall–Kier alpha value is -3.73. The molecule has 4 aromatic rings. The monoisotopic (exact) mass is 411 g/mol. The molecule has 5 heteroatoms. The predicted octanol–water partition coefficient (Wildman–Crippen LogP) is 5.64. The van der Waals surface area contributed by atoms with Crippen molar-refractivity contribution in [1.29, 1.82) is 0 Å². The third-order valence-corrected chi connectivity index (χ3v) is 6.12. The van der Waals surface area contributed by atoms with Crippen molar-refractivity contribution in [2.24, 2.45) is 0 Å². The second-order valence-corrected chi connectivity index (χ2v) is 8.02. The minimum Gasteiger partial charge on any atom is -0.332 e. The first kappa shape index (κ1) is 19.2. The summed E-state index contributed by atoms with van der Waals surface area (Å²) in [6.45, 7) is 0. The number of H-pyrrole nitrogens is 1. The minimum absolute atomic E-state index is 0.00137. The predicted molar refractivity (Wildman–Crippen MR) is 119 cm³/mol. The van der Waals surface area contributed by atoms with Gasteiger partial charge in [0, 0.05) is 23.7 Å². The van der Waals surface area contributed by atoms with Gasteiger partial charge < -0.3 is 4.90 Å². The lowest BCUT2D eigenvalue weighted by atomic mass is 10.0. The van der Waals surface area contributed by atoms with Gasteiger partial charge in [0.15, 0.2) is 0 Å². The Balaban J connectivity index is 1.41. The summed E-state index contributed by atoms with van der Waals surface area (Å²) in [7, 11) is 1.89. The van der Waals surface area contributed by atoms with Gasteiger partial charge in [-0.3, -0.25) is 9.89 Å². The van der Waals surface area contributed by atoms with Crippen molar-refractivity contribution in [1.82, 2.24) is 15.1 Å². The molecular formula is C26H22FN3O. The van der Waals surface area contributed by atoms with Gasteiger partial charge in [-0.05, 0) is 60.9 Å². The molecule has 0 aliphatic heterocycles. The third-order valence-electron chi connectivity index (χ3n) is 6.12. The fourth-order valence-corrected chi connectivity index (χ4v) is 4.13. The van der Waals surface area contributed by atoms with Crippen LogP contribution in [0.15, 0.2) is 84.9 Å². The van der Waals surface area contributed by atoms with Crippen LogP contribution < -0.4 is 0 Å². The van der Waals surface area contributed by atoms with Crippen LogP contribution >= 0.6 is 0 Å². The maximum absolute atomic E-state index is 13.3. The molecule has 1 fully saturated rings. The molecule has 1 heterocycles. The number of aromatic amines is 1. The second-order valence-electron chi connectivity index (χ2n) is 8.02. The fourth-order valence-electron chi connectivity index (χ4n) is 4.13. The van der Waals surface area contributed by atoms with Crippen molar-refractivity contribution in [3.8, 4) is 22.5 Å². The van der Waals surface area contributed by atoms with Crippen LogP contribution in [0.4, 0.5) is 4.39 Å². The van der Waals surface area contributed by atoms with Crippen molar-refractivity contribution < 1.29 is 9.18 Å². The summed E-state index contributed by atoms with van der Waals surface area (Å²) in [6.07, 6.45) is 1.95. The highest BCUT2D eigenvalue weighted by atomic mass is 19.1. The Labute approximate surface area is 180 Å². The summed E-state index contributed by atoms with van der Waals surface area (Å²) in [5.74, 6) is -0.278. The zero-order chi connectivity index (χ0) is 21.4. The van der Waals surface area contributed by atoms with E-state index in [1.54, 1.807) is 12.1 Å². The molecule has 1 N–H and O–H groups in total. The van der Waals surface area contributed by atoms with Crippen LogP contribution in [-0.2, 0) is 5.54 Å². The molecule has 0 unspecified atom stereocenters. The highest BCUT2D eigenvalue weighted by Gasteiger charge is 2.49. The van der Waals surface area contributed by atoms with Crippen molar-refractivity contribution >= 4 is 5.91 Å². The lowest BCUT2D eigenvalue weighted by Crippen LogP contribution is -2.37. The Kier molecular flexibility index (Phi) is 4.66. The lowest BCUT2D eigenvalue weighted by molar-refractivity contribution is 0.0705. The molecule has 1 aliphatic rings. The van der Waals surface area contributed by atoms with E-state index in [-0.39, 0.29) is 17.3 Å². The van der Waals surface area contributed by atoms with E-state index < -0.39 is 0 Å². The van der Waals surface area contributed by atoms with Crippen LogP contribution in [0.3, 0.4) is 0 Å². The zero-order valence-electron chi connectivity index (χ0n) is 17.2. The number of amides is 1. The Morgan fingerprint density at radius 1 is 0.935 bits per heavy atom. The van der Waals surface area contributed by atoms with Gasteiger partial charge in [-0.15, -0.1) is 0 Å². The van der Waals surface area contributed by atoms with Crippen LogP contribution in [0.1, 0.15) is 28.8 Å². The van der Waals surface area contributed by atoms with Crippen molar-refractivity contribution in [2.45, 2.75) is 18.4 Å². The number of carbonyl (C=O) groups excluding carboxylic acids is 1. The van der Waals surface area contributed by atoms with E-state index in [9.17, 15) is 9.18 Å². The van der Waals surface area contributed by atoms with Crippen LogP contribution in [0.2, 0.25) is 0 Å². The maximum atomic E-state index is 13.3. The van der Waals surface area contributed by atoms with Gasteiger partial charge in [0.25, 0.3) is 5.91 Å². The highest BCUT2D eigenvalue weighted by Crippen LogP contribution is 2.50. The molecule has 0 saturated heterocycles. The SMILES string of the molecule is CN(C(=O)c1cccc(-c2cc(-c3ccc(F)cc3)n[nH]2)c1)C1(c2ccccc2)CC1. The van der Waals surface area contributed by atoms with E-state index >= 15 is 0 Å². The molecule has 1 aliphatic carbocycles. The van der Waals surface area contributed by atoms with Crippen molar-refractivity contribution in [2.75, 3.05) is 7.05 Å². The Bertz CT molecular complexity index is 1230. The Morgan fingerprint density at radius 2 is 1.68 bits per heavy atom. The molecular weight excluding hydrogens is 389 g/mol. The number of rotatable bonds is 5. The first-order valence-electron chi connectivity index (χ1n) is 10.3. The van der Waals surface area contributed by atoms with E-state index in [4.69, 9.17) is 0 Å². The van der Waals surface area contributed by atoms with Gasteiger partial charge in [-0.1, -0.05) is 42.5 Å². The second kappa shape index (κ2) is 7.51. The van der Waals surface area contributed by atoms with E-state index in [0.717, 1.165) is 35.4 Å². The van der Waals surface area contributed by atoms with Crippen LogP contribution in [0.25, 0.3) is 22.5 Å². The van der Waals surface area contributed by atoms with E-state index in [2.05, 4.69) is 22.3 Å². The largest absolute Gasteiger partial charge is 0.332 e. The maximum Gasteiger partial charge on any atom is 0.254 e. The average Bonchev–Trinajstić information content (AvgIpc) is 3.49. The van der Waals surface area contributed by atoms with Gasteiger partial charge in [0.2, 0.25) is 0 Å². The van der Waals surface area contributed by atoms with Crippen LogP contribution in [-0.4, -0.2) is 28.1 Å². The molecule has 154 valence electrons. The van der Waals surface area contributed by atoms with E-state index in [1.165, 1.54) is 17.7 Å². The number of aromatic nitrogens is 2. The first-order valence-corrected chi connectivity index (χ1v) is 10.3. The van der Waals surface area contributed by atoms with Crippen LogP contribution in [0, 0.1) is 5.82 Å². The van der Waals surface area contributed by atoms with Gasteiger partial charge in [0.05, 0.1) is 16.9 Å². The third kappa shape index (κ3) is 3.52. The molecule has 0 bridgehead atoms. The smallest absolute Gasteiger partial charge is 0.254 e. The van der Waals surface area contributed by atoms with E-state index in [1.807, 2.05) is 60.5 Å². The summed E-state index contributed by atoms with van der Waals surface area (Å²) in [5.41, 5.74) is 4.85. The summed E-state index contributed by atoms with van der Waals surface area (Å²) < 4.78 is 13.2. The molecule has 1 saturated carbocycles. The summed E-state index contributed by atoms with van der Waals surface area (Å²) in [4.78, 5) is 15.2. The van der Waals surface area contributed by atoms with Crippen LogP contribution in [0.5, 0.6) is 0 Å². The minimum atomic E-state index is -0.279. The average molecular weight is 411 g/mol. The molecule has 1 aromatic heterocycles. The summed E-state index contributed by atoms with van der Waals surface area (Å²) in [5, 5.41) is 7.38. The number of hydrogen-bond acceptors (Lipinski definition) is 2. The van der Waals surface area contributed by atoms with E-state index in [0.29, 0.717) is 5.56 Å². The molecule has 3 aromatic carbocycles. The number of halogens is 1. The van der Waals surface area contributed by atoms with Gasteiger partial charge in [-0.25, -0.2) is 4.39 Å². The van der Waals surface area contributed by atoms with Crippen molar-refractivity contribution in [3.05, 3.63) is 102 Å². The zero-order valence-corrected chi connectivity index (χ0v) is 17.2. The standard InChI is InChI=1S/C26H22FN3O/c1-30(26(14-15-26)21-8-3-2-4-9-21)25(31)20-7-5-6-19(16-20)24-17-23(28-29-24)18-10-12-22(27)13-11-18/h2-13,16-17H,14-15H2,1H3,(H,28,29). The topological polar surface area (TPSA) is 49.0 Å². The number of nitrogens with one attached hydrogen (secondary N) is 1. The van der Waals surface area contributed by atoms with Crippen molar-refractivity contribution in [3.63, 3.8) is 0 Å². The number of carbonyl (C=O) groups is 1. The molecule has 5 rings (SSSR count). The number of nitrogens with zero attached hydrogens (tertiary/aromatic N) is 2. The molecule has 0 radical (unpaired) electrons. The normalized spacial score (nSPS) is 14.3. The summed E-state index contributed by atoms with van der Waals surface area (Å²) in [6, 6.07) is 25.9. The molecule has 4 nitrogen and oxygen atoms in total. The van der Waals surface area contributed by atoms with Gasteiger partial charge in [-0.2, -0.15) is 5.10 Å². The fraction of sp³-hybridized carbons (Fsp3) is 0.154. The quantitative estimate of drug-likeness (QED) is 0.462. The molecule has 0 spiro atoms. The molecule has 31 heavy (non-hydrogen) atoms. The molecule has 0 atom stereocenters. The first-order chi connectivity index (χ1) is 15.1. The summed E-state index contributed by atoms with van der Waals surface area (Å²) >= 11 is 0. The van der Waals surface area contributed by atoms with Gasteiger partial charge in [0.1, 0.15) is 5.82 Å².